The Balaban J connectivity index is 1.57. The van der Waals surface area contributed by atoms with E-state index in [0.29, 0.717) is 22.6 Å². The van der Waals surface area contributed by atoms with Crippen LogP contribution >= 0.6 is 0 Å². The van der Waals surface area contributed by atoms with Crippen molar-refractivity contribution in [2.75, 3.05) is 18.0 Å². The Morgan fingerprint density at radius 1 is 1.14 bits per heavy atom. The number of halogens is 1. The van der Waals surface area contributed by atoms with Crippen molar-refractivity contribution in [3.8, 4) is 22.6 Å². The predicted octanol–water partition coefficient (Wildman–Crippen LogP) is 2.76. The van der Waals surface area contributed by atoms with Crippen molar-refractivity contribution in [3.05, 3.63) is 54.7 Å². The van der Waals surface area contributed by atoms with Crippen LogP contribution in [0, 0.1) is 5.82 Å². The van der Waals surface area contributed by atoms with E-state index >= 15 is 0 Å². The molecule has 0 aliphatic carbocycles. The van der Waals surface area contributed by atoms with Crippen molar-refractivity contribution in [2.24, 2.45) is 5.73 Å². The van der Waals surface area contributed by atoms with E-state index < -0.39 is 0 Å². The molecular weight excluding hydrogens is 357 g/mol. The molecule has 1 atom stereocenters. The highest BCUT2D eigenvalue weighted by Crippen LogP contribution is 2.30. The second-order valence-corrected chi connectivity index (χ2v) is 6.92. The summed E-state index contributed by atoms with van der Waals surface area (Å²) < 4.78 is 14.3. The van der Waals surface area contributed by atoms with E-state index in [1.54, 1.807) is 36.8 Å². The minimum Gasteiger partial charge on any atom is -0.354 e. The Hall–Kier alpha value is -3.39. The van der Waals surface area contributed by atoms with Gasteiger partial charge in [0.2, 0.25) is 0 Å². The summed E-state index contributed by atoms with van der Waals surface area (Å²) in [6, 6.07) is 8.61. The molecule has 3 N–H and O–H groups in total. The largest absolute Gasteiger partial charge is 0.354 e. The Labute approximate surface area is 160 Å². The first kappa shape index (κ1) is 16.8. The maximum Gasteiger partial charge on any atom is 0.147 e. The molecule has 0 spiro atoms. The van der Waals surface area contributed by atoms with Gasteiger partial charge in [-0.25, -0.2) is 9.37 Å². The molecule has 0 radical (unpaired) electrons. The molecule has 7 nitrogen and oxygen atoms in total. The zero-order valence-corrected chi connectivity index (χ0v) is 15.0. The zero-order chi connectivity index (χ0) is 19.1. The van der Waals surface area contributed by atoms with Crippen LogP contribution in [0.2, 0.25) is 0 Å². The predicted molar refractivity (Wildman–Crippen MR) is 105 cm³/mol. The number of hydrogen-bond acceptors (Lipinski definition) is 6. The highest BCUT2D eigenvalue weighted by Gasteiger charge is 2.21. The summed E-state index contributed by atoms with van der Waals surface area (Å²) in [5.41, 5.74) is 9.04. The number of nitrogens with two attached hydrogens (primary N) is 1. The molecule has 5 rings (SSSR count). The first-order valence-electron chi connectivity index (χ1n) is 9.11. The van der Waals surface area contributed by atoms with Gasteiger partial charge in [-0.2, -0.15) is 5.10 Å². The fraction of sp³-hybridized carbons (Fsp3) is 0.200. The van der Waals surface area contributed by atoms with Gasteiger partial charge in [0, 0.05) is 30.1 Å². The smallest absolute Gasteiger partial charge is 0.147 e. The second kappa shape index (κ2) is 6.65. The molecule has 1 saturated heterocycles. The number of benzene rings is 1. The van der Waals surface area contributed by atoms with Crippen molar-refractivity contribution in [2.45, 2.75) is 12.5 Å². The van der Waals surface area contributed by atoms with Crippen LogP contribution in [-0.2, 0) is 0 Å². The van der Waals surface area contributed by atoms with Gasteiger partial charge >= 0.3 is 0 Å². The molecule has 0 saturated carbocycles. The minimum absolute atomic E-state index is 0.161. The van der Waals surface area contributed by atoms with Crippen molar-refractivity contribution in [1.82, 2.24) is 25.1 Å². The highest BCUT2D eigenvalue weighted by atomic mass is 19.1. The van der Waals surface area contributed by atoms with Gasteiger partial charge in [0.1, 0.15) is 23.0 Å². The molecular formula is C20H18FN7. The molecule has 8 heteroatoms. The van der Waals surface area contributed by atoms with Crippen LogP contribution < -0.4 is 10.6 Å². The topological polar surface area (TPSA) is 96.6 Å². The summed E-state index contributed by atoms with van der Waals surface area (Å²) in [6.45, 7) is 1.63. The summed E-state index contributed by atoms with van der Waals surface area (Å²) in [7, 11) is 0. The van der Waals surface area contributed by atoms with E-state index in [0.717, 1.165) is 36.2 Å². The monoisotopic (exact) mass is 375 g/mol. The lowest BCUT2D eigenvalue weighted by molar-refractivity contribution is 0.631. The van der Waals surface area contributed by atoms with Gasteiger partial charge in [-0.1, -0.05) is 12.1 Å². The molecule has 28 heavy (non-hydrogen) atoms. The van der Waals surface area contributed by atoms with E-state index in [9.17, 15) is 4.39 Å². The third kappa shape index (κ3) is 2.87. The summed E-state index contributed by atoms with van der Waals surface area (Å²) in [5.74, 6) is 0.468. The van der Waals surface area contributed by atoms with Crippen molar-refractivity contribution >= 4 is 16.7 Å². The lowest BCUT2D eigenvalue weighted by Gasteiger charge is -2.16. The number of anilines is 1. The van der Waals surface area contributed by atoms with Crippen LogP contribution in [0.5, 0.6) is 0 Å². The van der Waals surface area contributed by atoms with Crippen molar-refractivity contribution in [1.29, 1.82) is 0 Å². The van der Waals surface area contributed by atoms with E-state index in [-0.39, 0.29) is 11.9 Å². The van der Waals surface area contributed by atoms with E-state index in [1.165, 1.54) is 6.07 Å². The van der Waals surface area contributed by atoms with E-state index in [1.807, 2.05) is 6.07 Å². The number of nitrogens with zero attached hydrogens (tertiary/aromatic N) is 5. The second-order valence-electron chi connectivity index (χ2n) is 6.92. The maximum absolute atomic E-state index is 14.3. The van der Waals surface area contributed by atoms with Crippen LogP contribution in [0.25, 0.3) is 33.5 Å². The molecule has 1 aliphatic heterocycles. The first-order chi connectivity index (χ1) is 13.7. The molecule has 0 amide bonds. The van der Waals surface area contributed by atoms with Crippen LogP contribution in [-0.4, -0.2) is 44.3 Å². The van der Waals surface area contributed by atoms with Gasteiger partial charge in [0.05, 0.1) is 29.8 Å². The van der Waals surface area contributed by atoms with Crippen molar-refractivity contribution in [3.63, 3.8) is 0 Å². The molecule has 4 aromatic rings. The Morgan fingerprint density at radius 3 is 2.86 bits per heavy atom. The average molecular weight is 375 g/mol. The number of hydrogen-bond donors (Lipinski definition) is 2. The standard InChI is InChI=1S/C20H18FN7/c21-15-4-2-1-3-13(15)20-14-7-16(24-9-17(14)26-27-20)18-8-23-10-19(25-18)28-6-5-12(22)11-28/h1-4,7-10,12H,5-6,11,22H2,(H,26,27). The molecule has 140 valence electrons. The molecule has 3 aromatic heterocycles. The fourth-order valence-electron chi connectivity index (χ4n) is 3.54. The molecule has 1 aliphatic rings. The van der Waals surface area contributed by atoms with Gasteiger partial charge in [0.25, 0.3) is 0 Å². The van der Waals surface area contributed by atoms with Gasteiger partial charge in [-0.15, -0.1) is 0 Å². The number of H-pyrrole nitrogens is 1. The Morgan fingerprint density at radius 2 is 2.04 bits per heavy atom. The van der Waals surface area contributed by atoms with E-state index in [2.05, 4.69) is 25.1 Å². The maximum atomic E-state index is 14.3. The lowest BCUT2D eigenvalue weighted by Crippen LogP contribution is -2.27. The highest BCUT2D eigenvalue weighted by molar-refractivity contribution is 5.94. The van der Waals surface area contributed by atoms with E-state index in [4.69, 9.17) is 10.7 Å². The van der Waals surface area contributed by atoms with Gasteiger partial charge in [-0.3, -0.25) is 15.1 Å². The number of pyridine rings is 1. The minimum atomic E-state index is -0.318. The molecule has 1 aromatic carbocycles. The molecule has 4 heterocycles. The number of aromatic nitrogens is 5. The summed E-state index contributed by atoms with van der Waals surface area (Å²) >= 11 is 0. The molecule has 0 bridgehead atoms. The fourth-order valence-corrected chi connectivity index (χ4v) is 3.54. The van der Waals surface area contributed by atoms with Crippen LogP contribution in [0.3, 0.4) is 0 Å². The van der Waals surface area contributed by atoms with Gasteiger partial charge in [-0.05, 0) is 24.6 Å². The molecule has 1 fully saturated rings. The average Bonchev–Trinajstić information content (AvgIpc) is 3.34. The number of fused-ring (bicyclic) bond motifs is 1. The summed E-state index contributed by atoms with van der Waals surface area (Å²) in [4.78, 5) is 15.6. The Kier molecular flexibility index (Phi) is 3.98. The van der Waals surface area contributed by atoms with Crippen LogP contribution in [0.15, 0.2) is 48.9 Å². The lowest BCUT2D eigenvalue weighted by atomic mass is 10.1. The quantitative estimate of drug-likeness (QED) is 0.572. The zero-order valence-electron chi connectivity index (χ0n) is 15.0. The van der Waals surface area contributed by atoms with Crippen LogP contribution in [0.1, 0.15) is 6.42 Å². The number of aromatic amines is 1. The third-order valence-electron chi connectivity index (χ3n) is 5.01. The Bertz CT molecular complexity index is 1160. The van der Waals surface area contributed by atoms with Crippen molar-refractivity contribution < 1.29 is 4.39 Å². The number of rotatable bonds is 3. The summed E-state index contributed by atoms with van der Waals surface area (Å²) in [5, 5.41) is 7.99. The summed E-state index contributed by atoms with van der Waals surface area (Å²) in [6.07, 6.45) is 6.04. The van der Waals surface area contributed by atoms with Gasteiger partial charge in [0.15, 0.2) is 0 Å². The first-order valence-corrected chi connectivity index (χ1v) is 9.11. The van der Waals surface area contributed by atoms with Gasteiger partial charge < -0.3 is 10.6 Å². The van der Waals surface area contributed by atoms with Crippen LogP contribution in [0.4, 0.5) is 10.2 Å². The SMILES string of the molecule is NC1CCN(c2cncc(-c3cc4c(-c5ccccc5F)n[nH]c4cn3)n2)C1. The third-order valence-corrected chi connectivity index (χ3v) is 5.01. The number of nitrogens with one attached hydrogen (secondary N) is 1. The molecule has 1 unspecified atom stereocenters. The normalized spacial score (nSPS) is 16.8.